The Bertz CT molecular complexity index is 220. The molecule has 0 amide bonds. The predicted molar refractivity (Wildman–Crippen MR) is 80.1 cm³/mol. The molecule has 1 fully saturated rings. The second-order valence-electron chi connectivity index (χ2n) is 5.98. The van der Waals surface area contributed by atoms with Crippen LogP contribution in [-0.4, -0.2) is 61.2 Å². The minimum absolute atomic E-state index is 0.659. The molecule has 1 rings (SSSR count). The quantitative estimate of drug-likeness (QED) is 0.752. The van der Waals surface area contributed by atoms with E-state index < -0.39 is 0 Å². The lowest BCUT2D eigenvalue weighted by atomic mass is 10.1. The van der Waals surface area contributed by atoms with Gasteiger partial charge in [0.2, 0.25) is 0 Å². The van der Waals surface area contributed by atoms with Crippen molar-refractivity contribution in [1.82, 2.24) is 15.1 Å². The van der Waals surface area contributed by atoms with Crippen molar-refractivity contribution in [2.75, 3.05) is 33.2 Å². The van der Waals surface area contributed by atoms with Gasteiger partial charge in [0.05, 0.1) is 0 Å². The highest BCUT2D eigenvalue weighted by atomic mass is 15.3. The fraction of sp³-hybridized carbons (Fsp3) is 1.00. The van der Waals surface area contributed by atoms with E-state index in [1.165, 1.54) is 38.9 Å². The smallest absolute Gasteiger partial charge is 0.0218 e. The molecule has 0 aliphatic carbocycles. The van der Waals surface area contributed by atoms with Gasteiger partial charge in [-0.05, 0) is 33.7 Å². The van der Waals surface area contributed by atoms with Crippen LogP contribution in [0.5, 0.6) is 0 Å². The molecular formula is C15H33N3. The Morgan fingerprint density at radius 3 is 2.56 bits per heavy atom. The van der Waals surface area contributed by atoms with E-state index in [1.54, 1.807) is 0 Å². The van der Waals surface area contributed by atoms with E-state index in [-0.39, 0.29) is 0 Å². The van der Waals surface area contributed by atoms with Gasteiger partial charge >= 0.3 is 0 Å². The Balaban J connectivity index is 2.31. The van der Waals surface area contributed by atoms with Crippen LogP contribution in [0, 0.1) is 0 Å². The monoisotopic (exact) mass is 255 g/mol. The molecule has 0 spiro atoms. The summed E-state index contributed by atoms with van der Waals surface area (Å²) in [5.41, 5.74) is 0. The summed E-state index contributed by atoms with van der Waals surface area (Å²) in [5, 5.41) is 3.67. The van der Waals surface area contributed by atoms with Gasteiger partial charge in [0.1, 0.15) is 0 Å². The highest BCUT2D eigenvalue weighted by Crippen LogP contribution is 2.13. The van der Waals surface area contributed by atoms with Crippen molar-refractivity contribution in [3.05, 3.63) is 0 Å². The van der Waals surface area contributed by atoms with Crippen molar-refractivity contribution in [2.45, 2.75) is 65.1 Å². The third-order valence-corrected chi connectivity index (χ3v) is 4.39. The lowest BCUT2D eigenvalue weighted by molar-refractivity contribution is 0.0667. The molecule has 0 aromatic carbocycles. The topological polar surface area (TPSA) is 18.5 Å². The molecule has 3 atom stereocenters. The molecule has 0 saturated carbocycles. The number of nitrogens with zero attached hydrogens (tertiary/aromatic N) is 2. The lowest BCUT2D eigenvalue weighted by Gasteiger charge is -2.42. The summed E-state index contributed by atoms with van der Waals surface area (Å²) >= 11 is 0. The van der Waals surface area contributed by atoms with E-state index in [9.17, 15) is 0 Å². The Morgan fingerprint density at radius 1 is 1.22 bits per heavy atom. The third kappa shape index (κ3) is 4.87. The Labute approximate surface area is 114 Å². The standard InChI is InChI=1S/C15H33N3/c1-6-8-13(3)16-11-14(4)18-10-9-17(5)15(7-2)12-18/h13-16H,6-12H2,1-5H3. The van der Waals surface area contributed by atoms with E-state index in [0.29, 0.717) is 12.1 Å². The highest BCUT2D eigenvalue weighted by molar-refractivity contribution is 4.83. The largest absolute Gasteiger partial charge is 0.313 e. The van der Waals surface area contributed by atoms with Crippen LogP contribution < -0.4 is 5.32 Å². The zero-order valence-electron chi connectivity index (χ0n) is 13.1. The first-order chi connectivity index (χ1) is 8.58. The molecule has 3 unspecified atom stereocenters. The molecule has 0 radical (unpaired) electrons. The second-order valence-corrected chi connectivity index (χ2v) is 5.98. The zero-order chi connectivity index (χ0) is 13.5. The number of likely N-dealkylation sites (N-methyl/N-ethyl adjacent to an activating group) is 1. The molecule has 108 valence electrons. The molecule has 0 bridgehead atoms. The van der Waals surface area contributed by atoms with Crippen LogP contribution in [0.25, 0.3) is 0 Å². The van der Waals surface area contributed by atoms with Gasteiger partial charge in [0.15, 0.2) is 0 Å². The Morgan fingerprint density at radius 2 is 1.94 bits per heavy atom. The van der Waals surface area contributed by atoms with Crippen LogP contribution in [0.2, 0.25) is 0 Å². The molecule has 3 nitrogen and oxygen atoms in total. The van der Waals surface area contributed by atoms with Crippen LogP contribution in [0.3, 0.4) is 0 Å². The Hall–Kier alpha value is -0.120. The summed E-state index contributed by atoms with van der Waals surface area (Å²) in [6.07, 6.45) is 3.82. The molecule has 1 N–H and O–H groups in total. The van der Waals surface area contributed by atoms with Crippen molar-refractivity contribution < 1.29 is 0 Å². The molecule has 3 heteroatoms. The first kappa shape index (κ1) is 15.9. The van der Waals surface area contributed by atoms with Crippen molar-refractivity contribution in [1.29, 1.82) is 0 Å². The first-order valence-corrected chi connectivity index (χ1v) is 7.76. The van der Waals surface area contributed by atoms with Gasteiger partial charge in [-0.15, -0.1) is 0 Å². The lowest BCUT2D eigenvalue weighted by Crippen LogP contribution is -2.55. The molecule has 1 aliphatic rings. The molecule has 18 heavy (non-hydrogen) atoms. The fourth-order valence-electron chi connectivity index (χ4n) is 2.85. The molecule has 0 aromatic heterocycles. The molecule has 1 aliphatic heterocycles. The van der Waals surface area contributed by atoms with E-state index in [2.05, 4.69) is 49.9 Å². The summed E-state index contributed by atoms with van der Waals surface area (Å²) < 4.78 is 0. The maximum absolute atomic E-state index is 3.67. The molecular weight excluding hydrogens is 222 g/mol. The van der Waals surface area contributed by atoms with Crippen molar-refractivity contribution >= 4 is 0 Å². The van der Waals surface area contributed by atoms with Gasteiger partial charge in [0, 0.05) is 44.3 Å². The van der Waals surface area contributed by atoms with Crippen molar-refractivity contribution in [3.8, 4) is 0 Å². The van der Waals surface area contributed by atoms with Gasteiger partial charge in [-0.1, -0.05) is 20.3 Å². The molecule has 1 saturated heterocycles. The number of hydrogen-bond donors (Lipinski definition) is 1. The van der Waals surface area contributed by atoms with E-state index in [0.717, 1.165) is 12.6 Å². The average molecular weight is 255 g/mol. The van der Waals surface area contributed by atoms with Gasteiger partial charge in [-0.25, -0.2) is 0 Å². The SMILES string of the molecule is CCCC(C)NCC(C)N1CCN(C)C(CC)C1. The average Bonchev–Trinajstić information content (AvgIpc) is 2.37. The molecule has 0 aromatic rings. The van der Waals surface area contributed by atoms with Crippen LogP contribution in [0.15, 0.2) is 0 Å². The Kier molecular flexibility index (Phi) is 7.20. The maximum atomic E-state index is 3.67. The molecule has 1 heterocycles. The summed E-state index contributed by atoms with van der Waals surface area (Å²) in [6.45, 7) is 14.0. The van der Waals surface area contributed by atoms with Crippen molar-refractivity contribution in [3.63, 3.8) is 0 Å². The number of rotatable bonds is 7. The highest BCUT2D eigenvalue weighted by Gasteiger charge is 2.25. The maximum Gasteiger partial charge on any atom is 0.0218 e. The second kappa shape index (κ2) is 8.13. The normalized spacial score (nSPS) is 26.2. The van der Waals surface area contributed by atoms with Gasteiger partial charge in [0.25, 0.3) is 0 Å². The van der Waals surface area contributed by atoms with Crippen molar-refractivity contribution in [2.24, 2.45) is 0 Å². The van der Waals surface area contributed by atoms with Crippen LogP contribution >= 0.6 is 0 Å². The third-order valence-electron chi connectivity index (χ3n) is 4.39. The number of piperazine rings is 1. The summed E-state index contributed by atoms with van der Waals surface area (Å²) in [4.78, 5) is 5.16. The van der Waals surface area contributed by atoms with Gasteiger partial charge in [-0.3, -0.25) is 4.90 Å². The van der Waals surface area contributed by atoms with E-state index in [4.69, 9.17) is 0 Å². The summed E-state index contributed by atoms with van der Waals surface area (Å²) in [5.74, 6) is 0. The number of nitrogens with one attached hydrogen (secondary N) is 1. The van der Waals surface area contributed by atoms with Gasteiger partial charge < -0.3 is 10.2 Å². The first-order valence-electron chi connectivity index (χ1n) is 7.76. The minimum Gasteiger partial charge on any atom is -0.313 e. The van der Waals surface area contributed by atoms with Crippen LogP contribution in [0.1, 0.15) is 47.0 Å². The van der Waals surface area contributed by atoms with E-state index >= 15 is 0 Å². The van der Waals surface area contributed by atoms with Crippen LogP contribution in [0.4, 0.5) is 0 Å². The summed E-state index contributed by atoms with van der Waals surface area (Å²) in [7, 11) is 2.26. The number of hydrogen-bond acceptors (Lipinski definition) is 3. The van der Waals surface area contributed by atoms with Gasteiger partial charge in [-0.2, -0.15) is 0 Å². The van der Waals surface area contributed by atoms with E-state index in [1.807, 2.05) is 0 Å². The predicted octanol–water partition coefficient (Wildman–Crippen LogP) is 2.18. The fourth-order valence-corrected chi connectivity index (χ4v) is 2.85. The minimum atomic E-state index is 0.659. The zero-order valence-corrected chi connectivity index (χ0v) is 13.1. The van der Waals surface area contributed by atoms with Crippen LogP contribution in [-0.2, 0) is 0 Å². The summed E-state index contributed by atoms with van der Waals surface area (Å²) in [6, 6.07) is 2.06.